The number of rotatable bonds is 9. The standard InChI is InChI=1S/C24H24N4O6/c1-14(23(30)31)7-6-12-25-22(29)20-21(28-34-27-20)26-24(32)33-13-19-17-10-4-2-8-15(17)16-9-3-5-11-18(16)19/h2-5,8-11,14,19H,6-7,12-13H2,1H3,(H,25,29)(H,30,31)(H,26,28,32). The number of carbonyl (C=O) groups is 3. The smallest absolute Gasteiger partial charge is 0.412 e. The minimum absolute atomic E-state index is 0.106. The fourth-order valence-electron chi connectivity index (χ4n) is 3.97. The predicted molar refractivity (Wildman–Crippen MR) is 121 cm³/mol. The lowest BCUT2D eigenvalue weighted by Crippen LogP contribution is -2.27. The van der Waals surface area contributed by atoms with Crippen molar-refractivity contribution in [3.63, 3.8) is 0 Å². The summed E-state index contributed by atoms with van der Waals surface area (Å²) in [5.74, 6) is -2.26. The van der Waals surface area contributed by atoms with Crippen molar-refractivity contribution in [2.45, 2.75) is 25.7 Å². The first kappa shape index (κ1) is 23.0. The zero-order valence-corrected chi connectivity index (χ0v) is 18.5. The average Bonchev–Trinajstić information content (AvgIpc) is 3.42. The number of ether oxygens (including phenoxy) is 1. The number of aromatic nitrogens is 2. The molecule has 0 radical (unpaired) electrons. The number of anilines is 1. The number of carboxylic acid groups (broad SMARTS) is 1. The van der Waals surface area contributed by atoms with E-state index >= 15 is 0 Å². The molecule has 0 aliphatic heterocycles. The maximum atomic E-state index is 12.4. The molecule has 0 spiro atoms. The highest BCUT2D eigenvalue weighted by Crippen LogP contribution is 2.44. The molecular formula is C24H24N4O6. The number of hydrogen-bond acceptors (Lipinski definition) is 7. The molecule has 10 heteroatoms. The number of aliphatic carboxylic acids is 1. The van der Waals surface area contributed by atoms with E-state index in [4.69, 9.17) is 9.84 Å². The number of nitrogens with one attached hydrogen (secondary N) is 2. The summed E-state index contributed by atoms with van der Waals surface area (Å²) in [5.41, 5.74) is 4.20. The van der Waals surface area contributed by atoms with Gasteiger partial charge in [-0.05, 0) is 45.4 Å². The molecule has 0 bridgehead atoms. The number of hydrogen-bond donors (Lipinski definition) is 3. The average molecular weight is 464 g/mol. The van der Waals surface area contributed by atoms with Crippen LogP contribution >= 0.6 is 0 Å². The van der Waals surface area contributed by atoms with Gasteiger partial charge in [-0.1, -0.05) is 55.5 Å². The topological polar surface area (TPSA) is 144 Å². The van der Waals surface area contributed by atoms with Crippen LogP contribution in [0.25, 0.3) is 11.1 Å². The van der Waals surface area contributed by atoms with Crippen LogP contribution in [-0.4, -0.2) is 46.5 Å². The summed E-state index contributed by atoms with van der Waals surface area (Å²) in [6.45, 7) is 1.95. The van der Waals surface area contributed by atoms with Crippen LogP contribution in [-0.2, 0) is 9.53 Å². The van der Waals surface area contributed by atoms with Gasteiger partial charge >= 0.3 is 12.1 Å². The molecule has 1 heterocycles. The lowest BCUT2D eigenvalue weighted by molar-refractivity contribution is -0.141. The molecule has 1 unspecified atom stereocenters. The maximum Gasteiger partial charge on any atom is 0.412 e. The minimum Gasteiger partial charge on any atom is -0.481 e. The van der Waals surface area contributed by atoms with Gasteiger partial charge in [-0.25, -0.2) is 9.42 Å². The van der Waals surface area contributed by atoms with E-state index in [9.17, 15) is 14.4 Å². The number of nitrogens with zero attached hydrogens (tertiary/aromatic N) is 2. The van der Waals surface area contributed by atoms with Crippen LogP contribution < -0.4 is 10.6 Å². The molecule has 2 amide bonds. The van der Waals surface area contributed by atoms with E-state index in [0.29, 0.717) is 12.8 Å². The van der Waals surface area contributed by atoms with E-state index in [1.165, 1.54) is 0 Å². The molecule has 10 nitrogen and oxygen atoms in total. The Hall–Kier alpha value is -4.21. The summed E-state index contributed by atoms with van der Waals surface area (Å²) in [7, 11) is 0. The molecule has 176 valence electrons. The highest BCUT2D eigenvalue weighted by molar-refractivity contribution is 5.99. The second-order valence-corrected chi connectivity index (χ2v) is 8.05. The Bertz CT molecular complexity index is 1160. The van der Waals surface area contributed by atoms with Crippen LogP contribution in [0.3, 0.4) is 0 Å². The monoisotopic (exact) mass is 464 g/mol. The summed E-state index contributed by atoms with van der Waals surface area (Å²) in [4.78, 5) is 35.6. The summed E-state index contributed by atoms with van der Waals surface area (Å²) in [6.07, 6.45) is 0.0962. The summed E-state index contributed by atoms with van der Waals surface area (Å²) >= 11 is 0. The van der Waals surface area contributed by atoms with Crippen molar-refractivity contribution in [3.05, 3.63) is 65.4 Å². The lowest BCUT2D eigenvalue weighted by Gasteiger charge is -2.14. The zero-order chi connectivity index (χ0) is 24.1. The first-order chi connectivity index (χ1) is 16.5. The normalized spacial score (nSPS) is 13.0. The number of benzene rings is 2. The van der Waals surface area contributed by atoms with Gasteiger partial charge in [0.15, 0.2) is 0 Å². The van der Waals surface area contributed by atoms with Crippen LogP contribution in [0.4, 0.5) is 10.6 Å². The van der Waals surface area contributed by atoms with Gasteiger partial charge in [0.1, 0.15) is 6.61 Å². The van der Waals surface area contributed by atoms with Crippen molar-refractivity contribution in [2.75, 3.05) is 18.5 Å². The molecule has 0 saturated heterocycles. The molecule has 1 atom stereocenters. The van der Waals surface area contributed by atoms with Crippen molar-refractivity contribution >= 4 is 23.8 Å². The quantitative estimate of drug-likeness (QED) is 0.407. The van der Waals surface area contributed by atoms with Gasteiger partial charge in [-0.3, -0.25) is 14.9 Å². The van der Waals surface area contributed by atoms with Crippen molar-refractivity contribution in [3.8, 4) is 11.1 Å². The Balaban J connectivity index is 1.32. The van der Waals surface area contributed by atoms with E-state index in [0.717, 1.165) is 22.3 Å². The van der Waals surface area contributed by atoms with Crippen molar-refractivity contribution in [1.29, 1.82) is 0 Å². The van der Waals surface area contributed by atoms with Crippen molar-refractivity contribution in [1.82, 2.24) is 15.6 Å². The molecule has 3 N–H and O–H groups in total. The molecule has 2 aromatic carbocycles. The summed E-state index contributed by atoms with van der Waals surface area (Å²) < 4.78 is 10.1. The Labute approximate surface area is 195 Å². The summed E-state index contributed by atoms with van der Waals surface area (Å²) in [6, 6.07) is 16.0. The van der Waals surface area contributed by atoms with Crippen LogP contribution in [0, 0.1) is 5.92 Å². The first-order valence-corrected chi connectivity index (χ1v) is 10.9. The minimum atomic E-state index is -0.887. The van der Waals surface area contributed by atoms with E-state index < -0.39 is 23.9 Å². The molecule has 1 aliphatic carbocycles. The molecular weight excluding hydrogens is 440 g/mol. The van der Waals surface area contributed by atoms with Gasteiger partial charge in [0.05, 0.1) is 5.92 Å². The molecule has 0 saturated carbocycles. The van der Waals surface area contributed by atoms with Crippen LogP contribution in [0.1, 0.15) is 47.3 Å². The van der Waals surface area contributed by atoms with Gasteiger partial charge in [0, 0.05) is 12.5 Å². The first-order valence-electron chi connectivity index (χ1n) is 10.9. The lowest BCUT2D eigenvalue weighted by atomic mass is 9.98. The summed E-state index contributed by atoms with van der Waals surface area (Å²) in [5, 5.41) is 21.0. The van der Waals surface area contributed by atoms with Gasteiger partial charge in [0.2, 0.25) is 11.5 Å². The number of amides is 2. The number of carboxylic acids is 1. The molecule has 1 aliphatic rings. The Morgan fingerprint density at radius 1 is 1.06 bits per heavy atom. The number of fused-ring (bicyclic) bond motifs is 3. The van der Waals surface area contributed by atoms with Gasteiger partial charge in [-0.2, -0.15) is 0 Å². The Kier molecular flexibility index (Phi) is 6.86. The van der Waals surface area contributed by atoms with Crippen molar-refractivity contribution < 1.29 is 28.9 Å². The second kappa shape index (κ2) is 10.2. The van der Waals surface area contributed by atoms with Gasteiger partial charge < -0.3 is 15.2 Å². The molecule has 1 aromatic heterocycles. The largest absolute Gasteiger partial charge is 0.481 e. The van der Waals surface area contributed by atoms with Gasteiger partial charge in [0.25, 0.3) is 5.91 Å². The van der Waals surface area contributed by atoms with E-state index in [1.54, 1.807) is 6.92 Å². The third-order valence-corrected chi connectivity index (χ3v) is 5.79. The molecule has 0 fully saturated rings. The Morgan fingerprint density at radius 3 is 2.35 bits per heavy atom. The van der Waals surface area contributed by atoms with E-state index in [1.807, 2.05) is 48.5 Å². The fraction of sp³-hybridized carbons (Fsp3) is 0.292. The number of carbonyl (C=O) groups excluding carboxylic acids is 2. The maximum absolute atomic E-state index is 12.4. The van der Waals surface area contributed by atoms with Crippen LogP contribution in [0.15, 0.2) is 53.2 Å². The third kappa shape index (κ3) is 4.90. The predicted octanol–water partition coefficient (Wildman–Crippen LogP) is 3.66. The van der Waals surface area contributed by atoms with Crippen molar-refractivity contribution in [2.24, 2.45) is 5.92 Å². The third-order valence-electron chi connectivity index (χ3n) is 5.79. The van der Waals surface area contributed by atoms with E-state index in [-0.39, 0.29) is 30.6 Å². The zero-order valence-electron chi connectivity index (χ0n) is 18.5. The second-order valence-electron chi connectivity index (χ2n) is 8.05. The van der Waals surface area contributed by atoms with Crippen LogP contribution in [0.2, 0.25) is 0 Å². The SMILES string of the molecule is CC(CCCNC(=O)c1nonc1NC(=O)OCC1c2ccccc2-c2ccccc21)C(=O)O. The van der Waals surface area contributed by atoms with Gasteiger partial charge in [-0.15, -0.1) is 0 Å². The molecule has 3 aromatic rings. The van der Waals surface area contributed by atoms with Crippen LogP contribution in [0.5, 0.6) is 0 Å². The van der Waals surface area contributed by atoms with E-state index in [2.05, 4.69) is 25.6 Å². The highest BCUT2D eigenvalue weighted by atomic mass is 16.6. The fourth-order valence-corrected chi connectivity index (χ4v) is 3.97. The molecule has 4 rings (SSSR count). The Morgan fingerprint density at radius 2 is 1.71 bits per heavy atom. The molecule has 34 heavy (non-hydrogen) atoms. The highest BCUT2D eigenvalue weighted by Gasteiger charge is 2.29.